The van der Waals surface area contributed by atoms with Crippen molar-refractivity contribution in [3.05, 3.63) is 70.0 Å². The van der Waals surface area contributed by atoms with E-state index in [0.29, 0.717) is 16.5 Å². The number of aromatic nitrogens is 3. The average Bonchev–Trinajstić information content (AvgIpc) is 2.91. The number of nitro groups is 1. The SMILES string of the molecule is O=[N+]([O-])c1ccc2c(c1)C=Nn1c(COc3ccccc3)nnc1S2. The van der Waals surface area contributed by atoms with Crippen molar-refractivity contribution in [2.24, 2.45) is 5.10 Å². The van der Waals surface area contributed by atoms with Gasteiger partial charge in [-0.25, -0.2) is 0 Å². The Bertz CT molecular complexity index is 971. The van der Waals surface area contributed by atoms with E-state index >= 15 is 0 Å². The van der Waals surface area contributed by atoms with Crippen molar-refractivity contribution < 1.29 is 9.66 Å². The summed E-state index contributed by atoms with van der Waals surface area (Å²) in [6.45, 7) is 0.214. The van der Waals surface area contributed by atoms with Gasteiger partial charge in [-0.05, 0) is 30.0 Å². The number of nitrogens with zero attached hydrogens (tertiary/aromatic N) is 5. The second-order valence-electron chi connectivity index (χ2n) is 5.14. The first-order valence-corrected chi connectivity index (χ1v) is 8.15. The van der Waals surface area contributed by atoms with Crippen LogP contribution in [-0.4, -0.2) is 26.0 Å². The Morgan fingerprint density at radius 3 is 2.80 bits per heavy atom. The van der Waals surface area contributed by atoms with E-state index in [4.69, 9.17) is 4.74 Å². The van der Waals surface area contributed by atoms with E-state index < -0.39 is 4.92 Å². The van der Waals surface area contributed by atoms with E-state index in [0.717, 1.165) is 10.6 Å². The summed E-state index contributed by atoms with van der Waals surface area (Å²) in [7, 11) is 0. The number of nitro benzene ring substituents is 1. The molecule has 0 fully saturated rings. The Kier molecular flexibility index (Phi) is 3.90. The van der Waals surface area contributed by atoms with Gasteiger partial charge in [0.2, 0.25) is 5.16 Å². The van der Waals surface area contributed by atoms with Crippen LogP contribution in [0, 0.1) is 10.1 Å². The van der Waals surface area contributed by atoms with Crippen LogP contribution in [0.3, 0.4) is 0 Å². The third-order valence-electron chi connectivity index (χ3n) is 3.51. The van der Waals surface area contributed by atoms with Crippen molar-refractivity contribution in [1.82, 2.24) is 14.9 Å². The normalized spacial score (nSPS) is 12.2. The molecule has 0 atom stereocenters. The summed E-state index contributed by atoms with van der Waals surface area (Å²) in [6.07, 6.45) is 1.57. The van der Waals surface area contributed by atoms with Crippen LogP contribution in [-0.2, 0) is 6.61 Å². The van der Waals surface area contributed by atoms with Gasteiger partial charge in [0.1, 0.15) is 12.4 Å². The maximum Gasteiger partial charge on any atom is 0.270 e. The molecule has 9 heteroatoms. The fourth-order valence-electron chi connectivity index (χ4n) is 2.29. The Labute approximate surface area is 146 Å². The summed E-state index contributed by atoms with van der Waals surface area (Å²) in [5, 5.41) is 24.1. The Morgan fingerprint density at radius 1 is 1.16 bits per heavy atom. The molecule has 124 valence electrons. The van der Waals surface area contributed by atoms with Gasteiger partial charge in [-0.1, -0.05) is 18.2 Å². The van der Waals surface area contributed by atoms with Crippen LogP contribution >= 0.6 is 11.8 Å². The zero-order chi connectivity index (χ0) is 17.2. The lowest BCUT2D eigenvalue weighted by atomic mass is 10.2. The van der Waals surface area contributed by atoms with E-state index in [9.17, 15) is 10.1 Å². The Hall–Kier alpha value is -3.20. The number of benzene rings is 2. The molecule has 8 nitrogen and oxygen atoms in total. The van der Waals surface area contributed by atoms with Crippen LogP contribution in [0.15, 0.2) is 63.7 Å². The third-order valence-corrected chi connectivity index (χ3v) is 4.53. The Balaban J connectivity index is 1.60. The lowest BCUT2D eigenvalue weighted by molar-refractivity contribution is -0.384. The molecule has 3 aromatic rings. The molecule has 0 N–H and O–H groups in total. The van der Waals surface area contributed by atoms with Crippen molar-refractivity contribution in [1.29, 1.82) is 0 Å². The van der Waals surface area contributed by atoms with Gasteiger partial charge in [0.05, 0.1) is 11.1 Å². The summed E-state index contributed by atoms with van der Waals surface area (Å²) in [5.41, 5.74) is 0.690. The zero-order valence-electron chi connectivity index (χ0n) is 12.8. The number of ether oxygens (including phenoxy) is 1. The first kappa shape index (κ1) is 15.3. The summed E-state index contributed by atoms with van der Waals surface area (Å²) in [4.78, 5) is 11.3. The molecule has 2 heterocycles. The lowest BCUT2D eigenvalue weighted by Gasteiger charge is -2.05. The van der Waals surface area contributed by atoms with Gasteiger partial charge in [-0.2, -0.15) is 9.78 Å². The highest BCUT2D eigenvalue weighted by Gasteiger charge is 2.19. The standard InChI is InChI=1S/C16H11N5O3S/c22-21(23)12-6-7-14-11(8-12)9-17-20-15(18-19-16(20)25-14)10-24-13-4-2-1-3-5-13/h1-9H,10H2. The van der Waals surface area contributed by atoms with Gasteiger partial charge in [-0.15, -0.1) is 10.2 Å². The molecule has 0 aliphatic carbocycles. The second-order valence-corrected chi connectivity index (χ2v) is 6.15. The second kappa shape index (κ2) is 6.36. The summed E-state index contributed by atoms with van der Waals surface area (Å²) < 4.78 is 7.27. The van der Waals surface area contributed by atoms with Gasteiger partial charge < -0.3 is 4.74 Å². The lowest BCUT2D eigenvalue weighted by Crippen LogP contribution is -2.04. The monoisotopic (exact) mass is 353 g/mol. The molecule has 1 aromatic heterocycles. The van der Waals surface area contributed by atoms with E-state index in [1.54, 1.807) is 17.0 Å². The molecule has 2 aromatic carbocycles. The summed E-state index contributed by atoms with van der Waals surface area (Å²) in [6, 6.07) is 14.0. The van der Waals surface area contributed by atoms with Crippen molar-refractivity contribution in [2.45, 2.75) is 16.7 Å². The predicted octanol–water partition coefficient (Wildman–Crippen LogP) is 3.11. The molecule has 0 unspecified atom stereocenters. The van der Waals surface area contributed by atoms with Crippen LogP contribution < -0.4 is 4.74 Å². The highest BCUT2D eigenvalue weighted by atomic mass is 32.2. The molecule has 0 saturated carbocycles. The molecule has 1 aliphatic heterocycles. The van der Waals surface area contributed by atoms with Gasteiger partial charge in [-0.3, -0.25) is 10.1 Å². The number of hydrogen-bond acceptors (Lipinski definition) is 7. The number of para-hydroxylation sites is 1. The van der Waals surface area contributed by atoms with Crippen molar-refractivity contribution in [3.8, 4) is 5.75 Å². The van der Waals surface area contributed by atoms with Crippen LogP contribution in [0.2, 0.25) is 0 Å². The topological polar surface area (TPSA) is 95.4 Å². The van der Waals surface area contributed by atoms with Crippen molar-refractivity contribution in [2.75, 3.05) is 0 Å². The fraction of sp³-hybridized carbons (Fsp3) is 0.0625. The number of fused-ring (bicyclic) bond motifs is 2. The number of non-ortho nitro benzene ring substituents is 1. The van der Waals surface area contributed by atoms with E-state index in [2.05, 4.69) is 15.3 Å². The quantitative estimate of drug-likeness (QED) is 0.413. The maximum atomic E-state index is 10.9. The number of rotatable bonds is 4. The molecule has 0 radical (unpaired) electrons. The molecule has 4 rings (SSSR count). The van der Waals surface area contributed by atoms with Gasteiger partial charge in [0.15, 0.2) is 5.82 Å². The van der Waals surface area contributed by atoms with E-state index in [-0.39, 0.29) is 12.3 Å². The molecule has 0 bridgehead atoms. The molecule has 25 heavy (non-hydrogen) atoms. The smallest absolute Gasteiger partial charge is 0.270 e. The van der Waals surface area contributed by atoms with Gasteiger partial charge in [0.25, 0.3) is 5.69 Å². The van der Waals surface area contributed by atoms with Crippen molar-refractivity contribution in [3.63, 3.8) is 0 Å². The molecule has 0 saturated heterocycles. The zero-order valence-corrected chi connectivity index (χ0v) is 13.6. The van der Waals surface area contributed by atoms with Gasteiger partial charge >= 0.3 is 0 Å². The maximum absolute atomic E-state index is 10.9. The molecule has 1 aliphatic rings. The minimum Gasteiger partial charge on any atom is -0.486 e. The highest BCUT2D eigenvalue weighted by molar-refractivity contribution is 7.99. The Morgan fingerprint density at radius 2 is 2.00 bits per heavy atom. The minimum absolute atomic E-state index is 0.0242. The van der Waals surface area contributed by atoms with Crippen LogP contribution in [0.25, 0.3) is 0 Å². The summed E-state index contributed by atoms with van der Waals surface area (Å²) >= 11 is 1.35. The van der Waals surface area contributed by atoms with Gasteiger partial charge in [0, 0.05) is 22.6 Å². The average molecular weight is 353 g/mol. The van der Waals surface area contributed by atoms with Crippen molar-refractivity contribution >= 4 is 23.7 Å². The summed E-state index contributed by atoms with van der Waals surface area (Å²) in [5.74, 6) is 1.27. The fourth-order valence-corrected chi connectivity index (χ4v) is 3.17. The van der Waals surface area contributed by atoms with E-state index in [1.807, 2.05) is 30.3 Å². The predicted molar refractivity (Wildman–Crippen MR) is 91.0 cm³/mol. The molecule has 0 amide bonds. The number of hydrogen-bond donors (Lipinski definition) is 0. The van der Waals surface area contributed by atoms with E-state index in [1.165, 1.54) is 23.9 Å². The van der Waals surface area contributed by atoms with Crippen LogP contribution in [0.5, 0.6) is 5.75 Å². The molecule has 0 spiro atoms. The first-order valence-electron chi connectivity index (χ1n) is 7.33. The first-order chi connectivity index (χ1) is 12.2. The molecular weight excluding hydrogens is 342 g/mol. The minimum atomic E-state index is -0.428. The third kappa shape index (κ3) is 3.09. The highest BCUT2D eigenvalue weighted by Crippen LogP contribution is 2.33. The van der Waals surface area contributed by atoms with Crippen LogP contribution in [0.1, 0.15) is 11.4 Å². The largest absolute Gasteiger partial charge is 0.486 e. The van der Waals surface area contributed by atoms with Crippen LogP contribution in [0.4, 0.5) is 5.69 Å². The molecular formula is C16H11N5O3S.